The molecule has 17 heavy (non-hydrogen) atoms. The van der Waals surface area contributed by atoms with Gasteiger partial charge in [-0.2, -0.15) is 0 Å². The lowest BCUT2D eigenvalue weighted by Crippen LogP contribution is -2.30. The quantitative estimate of drug-likeness (QED) is 0.922. The molecule has 0 aliphatic carbocycles. The highest BCUT2D eigenvalue weighted by molar-refractivity contribution is 9.10. The lowest BCUT2D eigenvalue weighted by molar-refractivity contribution is 0.0875. The molecule has 90 valence electrons. The van der Waals surface area contributed by atoms with Crippen molar-refractivity contribution in [3.05, 3.63) is 23.2 Å². The van der Waals surface area contributed by atoms with Gasteiger partial charge in [-0.05, 0) is 28.8 Å². The molecule has 0 saturated carbocycles. The molecule has 1 aliphatic heterocycles. The fourth-order valence-corrected chi connectivity index (χ4v) is 2.44. The number of aromatic nitrogens is 3. The molecule has 1 N–H and O–H groups in total. The van der Waals surface area contributed by atoms with E-state index < -0.39 is 0 Å². The van der Waals surface area contributed by atoms with Gasteiger partial charge in [0.05, 0.1) is 12.6 Å². The van der Waals surface area contributed by atoms with E-state index in [0.29, 0.717) is 6.04 Å². The van der Waals surface area contributed by atoms with Crippen molar-refractivity contribution < 1.29 is 4.74 Å². The summed E-state index contributed by atoms with van der Waals surface area (Å²) in [4.78, 5) is 8.74. The van der Waals surface area contributed by atoms with Crippen LogP contribution in [0.3, 0.4) is 0 Å². The van der Waals surface area contributed by atoms with Crippen LogP contribution in [0.25, 0.3) is 5.65 Å². The maximum atomic E-state index is 5.45. The van der Waals surface area contributed by atoms with Crippen molar-refractivity contribution in [2.75, 3.05) is 18.5 Å². The highest BCUT2D eigenvalue weighted by Gasteiger charge is 2.16. The summed E-state index contributed by atoms with van der Waals surface area (Å²) in [7, 11) is 0. The van der Waals surface area contributed by atoms with Crippen LogP contribution in [-0.4, -0.2) is 33.6 Å². The van der Waals surface area contributed by atoms with Crippen molar-refractivity contribution in [1.82, 2.24) is 14.4 Å². The summed E-state index contributed by atoms with van der Waals surface area (Å²) in [5.74, 6) is 0.805. The van der Waals surface area contributed by atoms with Crippen molar-refractivity contribution in [3.8, 4) is 0 Å². The SMILES string of the molecule is Brc1cn2ccnc2c(NC2CCCOC2)n1. The number of halogens is 1. The van der Waals surface area contributed by atoms with Gasteiger partial charge in [-0.15, -0.1) is 0 Å². The number of hydrogen-bond donors (Lipinski definition) is 1. The summed E-state index contributed by atoms with van der Waals surface area (Å²) >= 11 is 3.40. The summed E-state index contributed by atoms with van der Waals surface area (Å²) in [5, 5.41) is 3.40. The second-order valence-electron chi connectivity index (χ2n) is 4.13. The van der Waals surface area contributed by atoms with E-state index >= 15 is 0 Å². The maximum Gasteiger partial charge on any atom is 0.180 e. The zero-order valence-electron chi connectivity index (χ0n) is 9.27. The van der Waals surface area contributed by atoms with E-state index in [1.807, 2.05) is 16.8 Å². The highest BCUT2D eigenvalue weighted by atomic mass is 79.9. The molecule has 5 nitrogen and oxygen atoms in total. The predicted molar refractivity (Wildman–Crippen MR) is 68.2 cm³/mol. The van der Waals surface area contributed by atoms with Gasteiger partial charge >= 0.3 is 0 Å². The first-order chi connectivity index (χ1) is 8.33. The van der Waals surface area contributed by atoms with Crippen LogP contribution in [0.5, 0.6) is 0 Å². The molecule has 0 bridgehead atoms. The monoisotopic (exact) mass is 296 g/mol. The third-order valence-electron chi connectivity index (χ3n) is 2.85. The van der Waals surface area contributed by atoms with E-state index in [1.54, 1.807) is 6.20 Å². The third-order valence-corrected chi connectivity index (χ3v) is 3.23. The van der Waals surface area contributed by atoms with Crippen molar-refractivity contribution in [1.29, 1.82) is 0 Å². The van der Waals surface area contributed by atoms with Gasteiger partial charge in [-0.25, -0.2) is 9.97 Å². The van der Waals surface area contributed by atoms with Gasteiger partial charge in [-0.3, -0.25) is 0 Å². The smallest absolute Gasteiger partial charge is 0.180 e. The topological polar surface area (TPSA) is 51.5 Å². The molecule has 3 rings (SSSR count). The van der Waals surface area contributed by atoms with E-state index in [0.717, 1.165) is 42.1 Å². The van der Waals surface area contributed by atoms with Gasteiger partial charge in [-0.1, -0.05) is 0 Å². The summed E-state index contributed by atoms with van der Waals surface area (Å²) in [6.07, 6.45) is 7.78. The standard InChI is InChI=1S/C11H13BrN4O/c12-9-6-16-4-3-13-11(16)10(15-9)14-8-2-1-5-17-7-8/h3-4,6,8H,1-2,5,7H2,(H,14,15). The number of imidazole rings is 1. The van der Waals surface area contributed by atoms with Crippen molar-refractivity contribution >= 4 is 27.4 Å². The van der Waals surface area contributed by atoms with Crippen LogP contribution in [0, 0.1) is 0 Å². The van der Waals surface area contributed by atoms with Gasteiger partial charge in [0, 0.05) is 25.2 Å². The van der Waals surface area contributed by atoms with Crippen molar-refractivity contribution in [3.63, 3.8) is 0 Å². The van der Waals surface area contributed by atoms with Gasteiger partial charge in [0.2, 0.25) is 0 Å². The first-order valence-electron chi connectivity index (χ1n) is 5.66. The van der Waals surface area contributed by atoms with Crippen LogP contribution < -0.4 is 5.32 Å². The van der Waals surface area contributed by atoms with E-state index in [4.69, 9.17) is 4.74 Å². The second kappa shape index (κ2) is 4.62. The molecule has 0 radical (unpaired) electrons. The first-order valence-corrected chi connectivity index (χ1v) is 6.46. The van der Waals surface area contributed by atoms with E-state index in [1.165, 1.54) is 0 Å². The Bertz CT molecular complexity index is 521. The first kappa shape index (κ1) is 11.0. The van der Waals surface area contributed by atoms with E-state index in [-0.39, 0.29) is 0 Å². The Morgan fingerprint density at radius 1 is 1.53 bits per heavy atom. The highest BCUT2D eigenvalue weighted by Crippen LogP contribution is 2.19. The molecule has 6 heteroatoms. The molecule has 1 saturated heterocycles. The second-order valence-corrected chi connectivity index (χ2v) is 4.94. The minimum Gasteiger partial charge on any atom is -0.379 e. The lowest BCUT2D eigenvalue weighted by Gasteiger charge is -2.23. The number of fused-ring (bicyclic) bond motifs is 1. The van der Waals surface area contributed by atoms with Crippen LogP contribution in [0.1, 0.15) is 12.8 Å². The molecule has 1 unspecified atom stereocenters. The number of ether oxygens (including phenoxy) is 1. The molecule has 2 aromatic heterocycles. The van der Waals surface area contributed by atoms with Gasteiger partial charge in [0.15, 0.2) is 11.5 Å². The Labute approximate surface area is 107 Å². The molecule has 0 aromatic carbocycles. The Morgan fingerprint density at radius 2 is 2.47 bits per heavy atom. The maximum absolute atomic E-state index is 5.45. The Balaban J connectivity index is 1.90. The minimum atomic E-state index is 0.325. The van der Waals surface area contributed by atoms with E-state index in [9.17, 15) is 0 Å². The Hall–Kier alpha value is -1.14. The third kappa shape index (κ3) is 2.28. The molecule has 2 aromatic rings. The lowest BCUT2D eigenvalue weighted by atomic mass is 10.1. The largest absolute Gasteiger partial charge is 0.379 e. The normalized spacial score (nSPS) is 20.6. The van der Waals surface area contributed by atoms with Crippen LogP contribution >= 0.6 is 15.9 Å². The summed E-state index contributed by atoms with van der Waals surface area (Å²) in [6.45, 7) is 1.60. The molecule has 0 spiro atoms. The minimum absolute atomic E-state index is 0.325. The average Bonchev–Trinajstić information content (AvgIpc) is 2.78. The number of anilines is 1. The van der Waals surface area contributed by atoms with Crippen LogP contribution in [-0.2, 0) is 4.74 Å². The molecule has 0 amide bonds. The van der Waals surface area contributed by atoms with Crippen LogP contribution in [0.2, 0.25) is 0 Å². The number of hydrogen-bond acceptors (Lipinski definition) is 4. The summed E-state index contributed by atoms with van der Waals surface area (Å²) in [5.41, 5.74) is 0.846. The van der Waals surface area contributed by atoms with Gasteiger partial charge in [0.1, 0.15) is 4.60 Å². The van der Waals surface area contributed by atoms with Crippen molar-refractivity contribution in [2.24, 2.45) is 0 Å². The fourth-order valence-electron chi connectivity index (χ4n) is 2.05. The molecular formula is C11H13BrN4O. The van der Waals surface area contributed by atoms with Gasteiger partial charge in [0.25, 0.3) is 0 Å². The molecule has 3 heterocycles. The fraction of sp³-hybridized carbons (Fsp3) is 0.455. The summed E-state index contributed by atoms with van der Waals surface area (Å²) < 4.78 is 8.19. The van der Waals surface area contributed by atoms with E-state index in [2.05, 4.69) is 31.2 Å². The van der Waals surface area contributed by atoms with Crippen LogP contribution in [0.15, 0.2) is 23.2 Å². The van der Waals surface area contributed by atoms with Gasteiger partial charge < -0.3 is 14.5 Å². The molecule has 1 aliphatic rings. The zero-order valence-corrected chi connectivity index (χ0v) is 10.9. The Morgan fingerprint density at radius 3 is 3.29 bits per heavy atom. The zero-order chi connectivity index (χ0) is 11.7. The predicted octanol–water partition coefficient (Wildman–Crippen LogP) is 2.08. The average molecular weight is 297 g/mol. The van der Waals surface area contributed by atoms with Crippen LogP contribution in [0.4, 0.5) is 5.82 Å². The number of rotatable bonds is 2. The van der Waals surface area contributed by atoms with Crippen molar-refractivity contribution in [2.45, 2.75) is 18.9 Å². The molecule has 1 atom stereocenters. The summed E-state index contributed by atoms with van der Waals surface area (Å²) in [6, 6.07) is 0.325. The Kier molecular flexibility index (Phi) is 2.98. The number of nitrogens with one attached hydrogen (secondary N) is 1. The number of nitrogens with zero attached hydrogens (tertiary/aromatic N) is 3. The molecule has 1 fully saturated rings. The molecular weight excluding hydrogens is 284 g/mol.